The number of ketones is 1. The molecule has 4 heteroatoms. The normalized spacial score (nSPS) is 24.6. The van der Waals surface area contributed by atoms with Crippen LogP contribution in [0.3, 0.4) is 0 Å². The van der Waals surface area contributed by atoms with E-state index >= 15 is 0 Å². The molecule has 3 unspecified atom stereocenters. The maximum absolute atomic E-state index is 11.2. The van der Waals surface area contributed by atoms with E-state index in [0.29, 0.717) is 0 Å². The van der Waals surface area contributed by atoms with Gasteiger partial charge in [0.1, 0.15) is 11.4 Å². The van der Waals surface area contributed by atoms with Gasteiger partial charge < -0.3 is 9.47 Å². The minimum absolute atomic E-state index is 0.0857. The van der Waals surface area contributed by atoms with Gasteiger partial charge in [-0.15, -0.1) is 0 Å². The van der Waals surface area contributed by atoms with E-state index in [2.05, 4.69) is 6.08 Å². The molecule has 0 aliphatic carbocycles. The third-order valence-electron chi connectivity index (χ3n) is 3.94. The average molecular weight is 306 g/mol. The third kappa shape index (κ3) is 5.60. The molecule has 4 nitrogen and oxygen atoms in total. The Kier molecular flexibility index (Phi) is 6.75. The molecule has 1 aliphatic heterocycles. The van der Waals surface area contributed by atoms with Gasteiger partial charge in [0.05, 0.1) is 6.10 Å². The molecule has 0 aromatic heterocycles. The average Bonchev–Trinajstić information content (AvgIpc) is 2.79. The van der Waals surface area contributed by atoms with E-state index < -0.39 is 5.60 Å². The molecule has 0 fully saturated rings. The number of Topliss-reactive ketones (excluding diaryl/α,β-unsaturated/α-hetero) is 1. The van der Waals surface area contributed by atoms with E-state index in [-0.39, 0.29) is 23.8 Å². The Morgan fingerprint density at radius 1 is 1.45 bits per heavy atom. The van der Waals surface area contributed by atoms with E-state index in [1.165, 1.54) is 6.08 Å². The lowest BCUT2D eigenvalue weighted by molar-refractivity contribution is -0.141. The van der Waals surface area contributed by atoms with Gasteiger partial charge in [0.15, 0.2) is 0 Å². The van der Waals surface area contributed by atoms with Gasteiger partial charge in [0, 0.05) is 19.1 Å². The molecule has 122 valence electrons. The Balaban J connectivity index is 2.61. The minimum atomic E-state index is -0.697. The molecule has 0 radical (unpaired) electrons. The Hall–Kier alpha value is -1.68. The molecule has 1 rings (SSSR count). The SMILES string of the molecule is COC(C=CC1(C)C=CC(=O)O1)C(C)=CCCC(C)C(C)=O. The Labute approximate surface area is 132 Å². The van der Waals surface area contributed by atoms with Gasteiger partial charge in [-0.25, -0.2) is 4.79 Å². The van der Waals surface area contributed by atoms with Crippen molar-refractivity contribution in [3.63, 3.8) is 0 Å². The summed E-state index contributed by atoms with van der Waals surface area (Å²) in [6.45, 7) is 7.39. The fraction of sp³-hybridized carbons (Fsp3) is 0.556. The third-order valence-corrected chi connectivity index (χ3v) is 3.94. The van der Waals surface area contributed by atoms with Crippen molar-refractivity contribution >= 4 is 11.8 Å². The van der Waals surface area contributed by atoms with Crippen LogP contribution in [0.5, 0.6) is 0 Å². The van der Waals surface area contributed by atoms with Gasteiger partial charge in [0.2, 0.25) is 0 Å². The zero-order chi connectivity index (χ0) is 16.8. The number of hydrogen-bond donors (Lipinski definition) is 0. The molecular formula is C18H26O4. The predicted molar refractivity (Wildman–Crippen MR) is 86.4 cm³/mol. The summed E-state index contributed by atoms with van der Waals surface area (Å²) in [7, 11) is 1.64. The summed E-state index contributed by atoms with van der Waals surface area (Å²) in [5.74, 6) is -0.0221. The molecule has 0 aromatic carbocycles. The smallest absolute Gasteiger partial charge is 0.331 e. The van der Waals surface area contributed by atoms with Crippen LogP contribution in [0.15, 0.2) is 36.0 Å². The molecule has 1 heterocycles. The lowest BCUT2D eigenvalue weighted by Crippen LogP contribution is -2.21. The first-order chi connectivity index (χ1) is 10.3. The fourth-order valence-corrected chi connectivity index (χ4v) is 2.18. The number of carbonyl (C=O) groups excluding carboxylic acids is 2. The summed E-state index contributed by atoms with van der Waals surface area (Å²) < 4.78 is 10.7. The number of allylic oxidation sites excluding steroid dienone is 1. The summed E-state index contributed by atoms with van der Waals surface area (Å²) in [6.07, 6.45) is 10.5. The number of rotatable bonds is 8. The van der Waals surface area contributed by atoms with Gasteiger partial charge in [-0.3, -0.25) is 4.79 Å². The van der Waals surface area contributed by atoms with Crippen molar-refractivity contribution in [2.24, 2.45) is 5.92 Å². The summed E-state index contributed by atoms with van der Waals surface area (Å²) in [6, 6.07) is 0. The van der Waals surface area contributed by atoms with Crippen molar-refractivity contribution < 1.29 is 19.1 Å². The largest absolute Gasteiger partial charge is 0.448 e. The molecule has 22 heavy (non-hydrogen) atoms. The maximum Gasteiger partial charge on any atom is 0.331 e. The van der Waals surface area contributed by atoms with E-state index in [1.807, 2.05) is 32.9 Å². The Bertz CT molecular complexity index is 501. The lowest BCUT2D eigenvalue weighted by atomic mass is 9.99. The second-order valence-electron chi connectivity index (χ2n) is 5.99. The second kappa shape index (κ2) is 8.08. The van der Waals surface area contributed by atoms with Gasteiger partial charge >= 0.3 is 5.97 Å². The zero-order valence-corrected chi connectivity index (χ0v) is 14.1. The highest BCUT2D eigenvalue weighted by Crippen LogP contribution is 2.22. The number of cyclic esters (lactones) is 1. The van der Waals surface area contributed by atoms with Crippen LogP contribution < -0.4 is 0 Å². The number of esters is 1. The highest BCUT2D eigenvalue weighted by atomic mass is 16.6. The van der Waals surface area contributed by atoms with Gasteiger partial charge in [-0.05, 0) is 51.3 Å². The molecule has 0 aromatic rings. The van der Waals surface area contributed by atoms with E-state index in [9.17, 15) is 9.59 Å². The van der Waals surface area contributed by atoms with Crippen LogP contribution in [0.2, 0.25) is 0 Å². The zero-order valence-electron chi connectivity index (χ0n) is 14.1. The van der Waals surface area contributed by atoms with E-state index in [4.69, 9.17) is 9.47 Å². The monoisotopic (exact) mass is 306 g/mol. The molecule has 1 aliphatic rings. The van der Waals surface area contributed by atoms with Crippen molar-refractivity contribution in [1.29, 1.82) is 0 Å². The van der Waals surface area contributed by atoms with Crippen LogP contribution in [0, 0.1) is 5.92 Å². The molecule has 0 saturated carbocycles. The van der Waals surface area contributed by atoms with Gasteiger partial charge in [-0.1, -0.05) is 19.1 Å². The number of methoxy groups -OCH3 is 1. The first-order valence-electron chi connectivity index (χ1n) is 7.59. The molecule has 0 N–H and O–H groups in total. The van der Waals surface area contributed by atoms with Crippen molar-refractivity contribution in [3.05, 3.63) is 36.0 Å². The molecule has 0 amide bonds. The second-order valence-corrected chi connectivity index (χ2v) is 5.99. The summed E-state index contributed by atoms with van der Waals surface area (Å²) in [5, 5.41) is 0. The van der Waals surface area contributed by atoms with Crippen molar-refractivity contribution in [2.75, 3.05) is 7.11 Å². The van der Waals surface area contributed by atoms with Crippen molar-refractivity contribution in [3.8, 4) is 0 Å². The first-order valence-corrected chi connectivity index (χ1v) is 7.59. The number of hydrogen-bond acceptors (Lipinski definition) is 4. The minimum Gasteiger partial charge on any atom is -0.448 e. The van der Waals surface area contributed by atoms with E-state index in [1.54, 1.807) is 20.1 Å². The standard InChI is InChI=1S/C18H26O4/c1-13(15(3)19)7-6-8-14(2)16(21-5)9-11-18(4)12-10-17(20)22-18/h8-13,16H,6-7H2,1-5H3. The molecular weight excluding hydrogens is 280 g/mol. The number of ether oxygens (including phenoxy) is 2. The van der Waals surface area contributed by atoms with E-state index in [0.717, 1.165) is 18.4 Å². The van der Waals surface area contributed by atoms with Crippen LogP contribution >= 0.6 is 0 Å². The van der Waals surface area contributed by atoms with Crippen LogP contribution in [0.1, 0.15) is 40.5 Å². The van der Waals surface area contributed by atoms with Crippen LogP contribution in [0.4, 0.5) is 0 Å². The molecule has 0 saturated heterocycles. The van der Waals surface area contributed by atoms with Crippen LogP contribution in [-0.4, -0.2) is 30.6 Å². The Morgan fingerprint density at radius 2 is 2.14 bits per heavy atom. The summed E-state index contributed by atoms with van der Waals surface area (Å²) in [4.78, 5) is 22.4. The predicted octanol–water partition coefficient (Wildman–Crippen LogP) is 3.38. The van der Waals surface area contributed by atoms with Gasteiger partial charge in [0.25, 0.3) is 0 Å². The highest BCUT2D eigenvalue weighted by Gasteiger charge is 2.27. The van der Waals surface area contributed by atoms with Crippen LogP contribution in [0.25, 0.3) is 0 Å². The van der Waals surface area contributed by atoms with Crippen molar-refractivity contribution in [2.45, 2.75) is 52.2 Å². The maximum atomic E-state index is 11.2. The summed E-state index contributed by atoms with van der Waals surface area (Å²) in [5.41, 5.74) is 0.378. The molecule has 0 bridgehead atoms. The van der Waals surface area contributed by atoms with Crippen LogP contribution in [-0.2, 0) is 19.1 Å². The topological polar surface area (TPSA) is 52.6 Å². The lowest BCUT2D eigenvalue weighted by Gasteiger charge is -2.19. The summed E-state index contributed by atoms with van der Waals surface area (Å²) >= 11 is 0. The Morgan fingerprint density at radius 3 is 2.64 bits per heavy atom. The fourth-order valence-electron chi connectivity index (χ4n) is 2.18. The van der Waals surface area contributed by atoms with Crippen molar-refractivity contribution in [1.82, 2.24) is 0 Å². The molecule has 0 spiro atoms. The quantitative estimate of drug-likeness (QED) is 0.509. The van der Waals surface area contributed by atoms with Gasteiger partial charge in [-0.2, -0.15) is 0 Å². The first kappa shape index (κ1) is 18.4. The highest BCUT2D eigenvalue weighted by molar-refractivity contribution is 5.85. The molecule has 3 atom stereocenters. The number of carbonyl (C=O) groups is 2.